The third kappa shape index (κ3) is 3.13. The Labute approximate surface area is 188 Å². The van der Waals surface area contributed by atoms with Gasteiger partial charge in [0.2, 0.25) is 0 Å². The number of piperidine rings is 1. The van der Waals surface area contributed by atoms with Crippen LogP contribution in [0.4, 0.5) is 0 Å². The minimum absolute atomic E-state index is 0.0764. The van der Waals surface area contributed by atoms with Crippen molar-refractivity contribution in [2.24, 2.45) is 0 Å². The van der Waals surface area contributed by atoms with E-state index in [0.29, 0.717) is 11.5 Å². The summed E-state index contributed by atoms with van der Waals surface area (Å²) in [4.78, 5) is 19.7. The van der Waals surface area contributed by atoms with E-state index in [0.717, 1.165) is 65.2 Å². The van der Waals surface area contributed by atoms with Gasteiger partial charge >= 0.3 is 0 Å². The number of likely N-dealkylation sites (tertiary alicyclic amines) is 1. The van der Waals surface area contributed by atoms with Gasteiger partial charge in [0.25, 0.3) is 0 Å². The number of fused-ring (bicyclic) bond motifs is 4. The molecule has 0 aliphatic carbocycles. The van der Waals surface area contributed by atoms with Gasteiger partial charge in [-0.05, 0) is 94.6 Å². The molecule has 164 valence electrons. The number of nitriles is 1. The smallest absolute Gasteiger partial charge is 0.199 e. The van der Waals surface area contributed by atoms with Crippen LogP contribution in [0.3, 0.4) is 0 Å². The lowest BCUT2D eigenvalue weighted by Crippen LogP contribution is -2.29. The fraction of sp³-hybridized carbons (Fsp3) is 0.407. The number of rotatable bonds is 3. The number of aryl methyl sites for hydroxylation is 1. The Morgan fingerprint density at radius 3 is 2.56 bits per heavy atom. The topological polar surface area (TPSA) is 64.8 Å². The Bertz CT molecular complexity index is 1440. The maximum atomic E-state index is 13.8. The molecule has 0 atom stereocenters. The highest BCUT2D eigenvalue weighted by Crippen LogP contribution is 2.35. The van der Waals surface area contributed by atoms with E-state index >= 15 is 0 Å². The van der Waals surface area contributed by atoms with Crippen LogP contribution < -0.4 is 5.43 Å². The van der Waals surface area contributed by atoms with E-state index in [4.69, 9.17) is 0 Å². The van der Waals surface area contributed by atoms with Crippen molar-refractivity contribution in [2.45, 2.75) is 52.0 Å². The summed E-state index contributed by atoms with van der Waals surface area (Å²) < 4.78 is 2.27. The van der Waals surface area contributed by atoms with E-state index in [9.17, 15) is 10.1 Å². The molecule has 2 aromatic carbocycles. The molecule has 1 saturated heterocycles. The quantitative estimate of drug-likeness (QED) is 0.473. The second-order valence-electron chi connectivity index (χ2n) is 9.51. The molecule has 5 rings (SSSR count). The van der Waals surface area contributed by atoms with E-state index in [-0.39, 0.29) is 11.5 Å². The first-order valence-corrected chi connectivity index (χ1v) is 11.7. The fourth-order valence-corrected chi connectivity index (χ4v) is 5.49. The lowest BCUT2D eigenvalue weighted by Gasteiger charge is -2.31. The number of hydrogen-bond acceptors (Lipinski definition) is 3. The summed E-state index contributed by atoms with van der Waals surface area (Å²) in [5.74, 6) is 0.540. The molecule has 1 aliphatic heterocycles. The predicted octanol–water partition coefficient (Wildman–Crippen LogP) is 5.46. The summed E-state index contributed by atoms with van der Waals surface area (Å²) in [5.41, 5.74) is 6.07. The SMILES string of the molecule is CCc1cc2c(=O)c3c4ccc(C#N)cc4[nH]c3n(C(C)C)c2cc1C1CCN(C)CC1. The number of nitrogens with zero attached hydrogens (tertiary/aromatic N) is 3. The molecule has 0 spiro atoms. The van der Waals surface area contributed by atoms with Crippen molar-refractivity contribution < 1.29 is 0 Å². The summed E-state index contributed by atoms with van der Waals surface area (Å²) >= 11 is 0. The van der Waals surface area contributed by atoms with Gasteiger partial charge in [0.15, 0.2) is 5.43 Å². The Morgan fingerprint density at radius 2 is 1.91 bits per heavy atom. The van der Waals surface area contributed by atoms with Crippen molar-refractivity contribution in [3.8, 4) is 6.07 Å². The molecule has 1 N–H and O–H groups in total. The number of aromatic amines is 1. The van der Waals surface area contributed by atoms with Crippen molar-refractivity contribution in [3.63, 3.8) is 0 Å². The van der Waals surface area contributed by atoms with Crippen molar-refractivity contribution in [2.75, 3.05) is 20.1 Å². The van der Waals surface area contributed by atoms with Crippen molar-refractivity contribution in [1.29, 1.82) is 5.26 Å². The molecule has 0 unspecified atom stereocenters. The number of aromatic nitrogens is 2. The van der Waals surface area contributed by atoms with Crippen LogP contribution in [0.25, 0.3) is 32.8 Å². The van der Waals surface area contributed by atoms with Crippen molar-refractivity contribution in [1.82, 2.24) is 14.5 Å². The summed E-state index contributed by atoms with van der Waals surface area (Å²) in [7, 11) is 2.19. The molecular weight excluding hydrogens is 396 g/mol. The van der Waals surface area contributed by atoms with Crippen LogP contribution in [-0.2, 0) is 6.42 Å². The van der Waals surface area contributed by atoms with Gasteiger partial charge in [-0.25, -0.2) is 0 Å². The van der Waals surface area contributed by atoms with E-state index in [1.807, 2.05) is 12.1 Å². The zero-order valence-electron chi connectivity index (χ0n) is 19.3. The summed E-state index contributed by atoms with van der Waals surface area (Å²) in [6.07, 6.45) is 3.25. The monoisotopic (exact) mass is 426 g/mol. The number of pyridine rings is 1. The highest BCUT2D eigenvalue weighted by Gasteiger charge is 2.24. The van der Waals surface area contributed by atoms with Crippen LogP contribution in [-0.4, -0.2) is 34.6 Å². The van der Waals surface area contributed by atoms with Crippen molar-refractivity contribution >= 4 is 32.8 Å². The first kappa shape index (κ1) is 20.8. The minimum Gasteiger partial charge on any atom is -0.340 e. The Balaban J connectivity index is 1.86. The molecule has 32 heavy (non-hydrogen) atoms. The highest BCUT2D eigenvalue weighted by molar-refractivity contribution is 6.10. The molecule has 1 aliphatic rings. The number of hydrogen-bond donors (Lipinski definition) is 1. The van der Waals surface area contributed by atoms with E-state index in [1.165, 1.54) is 11.1 Å². The van der Waals surface area contributed by atoms with E-state index in [1.54, 1.807) is 6.07 Å². The van der Waals surface area contributed by atoms with Gasteiger partial charge < -0.3 is 14.5 Å². The van der Waals surface area contributed by atoms with Crippen LogP contribution in [0.1, 0.15) is 62.3 Å². The number of H-pyrrole nitrogens is 1. The average molecular weight is 427 g/mol. The Hall–Kier alpha value is -3.10. The molecule has 0 bridgehead atoms. The van der Waals surface area contributed by atoms with Crippen molar-refractivity contribution in [3.05, 3.63) is 57.2 Å². The number of benzene rings is 2. The fourth-order valence-electron chi connectivity index (χ4n) is 5.49. The van der Waals surface area contributed by atoms with Crippen LogP contribution >= 0.6 is 0 Å². The third-order valence-electron chi connectivity index (χ3n) is 7.19. The van der Waals surface area contributed by atoms with Gasteiger partial charge in [0.1, 0.15) is 5.65 Å². The highest BCUT2D eigenvalue weighted by atomic mass is 16.1. The third-order valence-corrected chi connectivity index (χ3v) is 7.19. The molecule has 5 nitrogen and oxygen atoms in total. The molecule has 2 aromatic heterocycles. The van der Waals surface area contributed by atoms with Gasteiger partial charge in [0.05, 0.1) is 22.5 Å². The van der Waals surface area contributed by atoms with Gasteiger partial charge in [0, 0.05) is 22.3 Å². The molecule has 3 heterocycles. The zero-order valence-corrected chi connectivity index (χ0v) is 19.3. The van der Waals surface area contributed by atoms with Gasteiger partial charge in [-0.1, -0.05) is 13.0 Å². The normalized spacial score (nSPS) is 15.9. The van der Waals surface area contributed by atoms with Crippen LogP contribution in [0.2, 0.25) is 0 Å². The standard InChI is InChI=1S/C27H30N4O/c1-5-18-13-22-24(14-21(18)19-8-10-30(4)11-9-19)31(16(2)3)27-25(26(22)32)20-7-6-17(15-28)12-23(20)29-27/h6-7,12-14,16,19,29H,5,8-11H2,1-4H3. The van der Waals surface area contributed by atoms with E-state index < -0.39 is 0 Å². The molecule has 1 fully saturated rings. The predicted molar refractivity (Wildman–Crippen MR) is 132 cm³/mol. The van der Waals surface area contributed by atoms with E-state index in [2.05, 4.69) is 60.5 Å². The van der Waals surface area contributed by atoms with Crippen LogP contribution in [0, 0.1) is 11.3 Å². The Morgan fingerprint density at radius 1 is 1.16 bits per heavy atom. The van der Waals surface area contributed by atoms with Gasteiger partial charge in [-0.3, -0.25) is 4.79 Å². The largest absolute Gasteiger partial charge is 0.340 e. The Kier molecular flexibility index (Phi) is 5.06. The van der Waals surface area contributed by atoms with Gasteiger partial charge in [-0.2, -0.15) is 5.26 Å². The van der Waals surface area contributed by atoms with Crippen LogP contribution in [0.5, 0.6) is 0 Å². The lowest BCUT2D eigenvalue weighted by molar-refractivity contribution is 0.255. The second-order valence-corrected chi connectivity index (χ2v) is 9.51. The molecule has 0 radical (unpaired) electrons. The molecular formula is C27H30N4O. The number of nitrogens with one attached hydrogen (secondary N) is 1. The molecule has 4 aromatic rings. The lowest BCUT2D eigenvalue weighted by atomic mass is 9.85. The average Bonchev–Trinajstić information content (AvgIpc) is 3.17. The molecule has 0 saturated carbocycles. The molecule has 5 heteroatoms. The molecule has 0 amide bonds. The summed E-state index contributed by atoms with van der Waals surface area (Å²) in [6.45, 7) is 8.75. The summed E-state index contributed by atoms with van der Waals surface area (Å²) in [5, 5.41) is 11.7. The second kappa shape index (κ2) is 7.79. The van der Waals surface area contributed by atoms with Crippen LogP contribution in [0.15, 0.2) is 35.1 Å². The zero-order chi connectivity index (χ0) is 22.6. The first-order chi connectivity index (χ1) is 15.4. The minimum atomic E-state index is 0.0764. The maximum Gasteiger partial charge on any atom is 0.199 e. The maximum absolute atomic E-state index is 13.8. The first-order valence-electron chi connectivity index (χ1n) is 11.7. The summed E-state index contributed by atoms with van der Waals surface area (Å²) in [6, 6.07) is 12.4. The van der Waals surface area contributed by atoms with Gasteiger partial charge in [-0.15, -0.1) is 0 Å².